The average Bonchev–Trinajstić information content (AvgIpc) is 2.46. The highest BCUT2D eigenvalue weighted by atomic mass is 32.1. The molecule has 0 aliphatic carbocycles. The molecule has 0 unspecified atom stereocenters. The zero-order chi connectivity index (χ0) is 14.1. The van der Waals surface area contributed by atoms with Crippen molar-refractivity contribution in [3.05, 3.63) is 75.0 Å². The average molecular weight is 286 g/mol. The third-order valence-corrected chi connectivity index (χ3v) is 3.45. The molecule has 1 heterocycles. The van der Waals surface area contributed by atoms with Gasteiger partial charge in [0.1, 0.15) is 5.82 Å². The van der Waals surface area contributed by atoms with Crippen molar-refractivity contribution < 1.29 is 4.39 Å². The molecule has 0 fully saturated rings. The van der Waals surface area contributed by atoms with E-state index < -0.39 is 5.82 Å². The minimum Gasteiger partial charge on any atom is -0.332 e. The van der Waals surface area contributed by atoms with Gasteiger partial charge in [-0.25, -0.2) is 4.39 Å². The fourth-order valence-corrected chi connectivity index (χ4v) is 2.39. The summed E-state index contributed by atoms with van der Waals surface area (Å²) in [6.07, 6.45) is 0. The number of benzene rings is 2. The Morgan fingerprint density at radius 1 is 1.15 bits per heavy atom. The quantitative estimate of drug-likeness (QED) is 0.734. The number of nitrogens with zero attached hydrogens (tertiary/aromatic N) is 1. The Kier molecular flexibility index (Phi) is 3.20. The Hall–Kier alpha value is -2.27. The molecule has 0 aliphatic heterocycles. The van der Waals surface area contributed by atoms with Gasteiger partial charge in [-0.1, -0.05) is 30.3 Å². The van der Waals surface area contributed by atoms with E-state index in [-0.39, 0.29) is 5.56 Å². The highest BCUT2D eigenvalue weighted by Gasteiger charge is 2.07. The van der Waals surface area contributed by atoms with E-state index in [0.717, 1.165) is 5.56 Å². The molecule has 0 saturated heterocycles. The first-order valence-electron chi connectivity index (χ1n) is 6.11. The first-order chi connectivity index (χ1) is 9.65. The number of nitrogens with one attached hydrogen (secondary N) is 1. The first-order valence-corrected chi connectivity index (χ1v) is 6.52. The fraction of sp³-hybridized carbons (Fsp3) is 0.0667. The van der Waals surface area contributed by atoms with Crippen LogP contribution < -0.4 is 5.56 Å². The van der Waals surface area contributed by atoms with Crippen molar-refractivity contribution >= 4 is 23.1 Å². The number of fused-ring (bicyclic) bond motifs is 1. The van der Waals surface area contributed by atoms with Crippen LogP contribution in [0, 0.1) is 10.6 Å². The van der Waals surface area contributed by atoms with Gasteiger partial charge in [-0.15, -0.1) is 0 Å². The molecule has 3 rings (SSSR count). The maximum absolute atomic E-state index is 13.3. The lowest BCUT2D eigenvalue weighted by Crippen LogP contribution is -2.22. The monoisotopic (exact) mass is 286 g/mol. The van der Waals surface area contributed by atoms with E-state index in [2.05, 4.69) is 4.98 Å². The lowest BCUT2D eigenvalue weighted by Gasteiger charge is -2.08. The smallest absolute Gasteiger partial charge is 0.262 e. The van der Waals surface area contributed by atoms with Crippen molar-refractivity contribution in [3.63, 3.8) is 0 Å². The molecule has 3 aromatic rings. The lowest BCUT2D eigenvalue weighted by molar-refractivity contribution is 0.628. The Labute approximate surface area is 119 Å². The predicted octanol–water partition coefficient (Wildman–Crippen LogP) is 3.25. The number of hydrogen-bond donors (Lipinski definition) is 1. The largest absolute Gasteiger partial charge is 0.332 e. The van der Waals surface area contributed by atoms with Gasteiger partial charge in [0.15, 0.2) is 4.77 Å². The molecule has 5 heteroatoms. The second kappa shape index (κ2) is 5.02. The zero-order valence-corrected chi connectivity index (χ0v) is 11.3. The summed E-state index contributed by atoms with van der Waals surface area (Å²) in [6.45, 7) is 0.363. The van der Waals surface area contributed by atoms with Gasteiger partial charge in [-0.3, -0.25) is 9.36 Å². The minimum absolute atomic E-state index is 0.285. The molecule has 2 aromatic carbocycles. The van der Waals surface area contributed by atoms with Crippen LogP contribution in [0.1, 0.15) is 5.56 Å². The van der Waals surface area contributed by atoms with Gasteiger partial charge in [0.2, 0.25) is 0 Å². The van der Waals surface area contributed by atoms with Crippen LogP contribution in [-0.4, -0.2) is 9.55 Å². The van der Waals surface area contributed by atoms with Crippen LogP contribution in [-0.2, 0) is 6.54 Å². The van der Waals surface area contributed by atoms with Crippen LogP contribution in [0.5, 0.6) is 0 Å². The maximum atomic E-state index is 13.3. The molecule has 0 saturated carbocycles. The van der Waals surface area contributed by atoms with Gasteiger partial charge in [-0.05, 0) is 36.0 Å². The normalized spacial score (nSPS) is 10.8. The molecular formula is C15H11FN2OS. The highest BCUT2D eigenvalue weighted by molar-refractivity contribution is 7.71. The molecule has 100 valence electrons. The van der Waals surface area contributed by atoms with Crippen molar-refractivity contribution in [2.24, 2.45) is 0 Å². The summed E-state index contributed by atoms with van der Waals surface area (Å²) in [4.78, 5) is 15.4. The molecule has 20 heavy (non-hydrogen) atoms. The molecule has 3 nitrogen and oxygen atoms in total. The Morgan fingerprint density at radius 2 is 1.90 bits per heavy atom. The van der Waals surface area contributed by atoms with Crippen LogP contribution in [0.2, 0.25) is 0 Å². The summed E-state index contributed by atoms with van der Waals surface area (Å²) in [7, 11) is 0. The Morgan fingerprint density at radius 3 is 2.65 bits per heavy atom. The topological polar surface area (TPSA) is 37.8 Å². The van der Waals surface area contributed by atoms with Crippen molar-refractivity contribution in [1.29, 1.82) is 0 Å². The number of aromatic amines is 1. The molecule has 0 amide bonds. The number of H-pyrrole nitrogens is 1. The number of hydrogen-bond acceptors (Lipinski definition) is 2. The highest BCUT2D eigenvalue weighted by Crippen LogP contribution is 2.10. The predicted molar refractivity (Wildman–Crippen MR) is 78.9 cm³/mol. The van der Waals surface area contributed by atoms with Gasteiger partial charge in [0, 0.05) is 0 Å². The van der Waals surface area contributed by atoms with E-state index in [9.17, 15) is 9.18 Å². The third kappa shape index (κ3) is 2.28. The van der Waals surface area contributed by atoms with E-state index in [1.54, 1.807) is 0 Å². The zero-order valence-electron chi connectivity index (χ0n) is 10.5. The van der Waals surface area contributed by atoms with Crippen LogP contribution in [0.25, 0.3) is 10.9 Å². The molecule has 0 radical (unpaired) electrons. The van der Waals surface area contributed by atoms with Gasteiger partial charge >= 0.3 is 0 Å². The second-order valence-electron chi connectivity index (χ2n) is 4.50. The van der Waals surface area contributed by atoms with Crippen molar-refractivity contribution in [3.8, 4) is 0 Å². The van der Waals surface area contributed by atoms with Gasteiger partial charge in [0.05, 0.1) is 17.4 Å². The number of rotatable bonds is 2. The Balaban J connectivity index is 2.21. The van der Waals surface area contributed by atoms with E-state index in [1.807, 2.05) is 30.3 Å². The molecular weight excluding hydrogens is 275 g/mol. The maximum Gasteiger partial charge on any atom is 0.262 e. The summed E-state index contributed by atoms with van der Waals surface area (Å²) >= 11 is 5.21. The fourth-order valence-electron chi connectivity index (χ4n) is 2.13. The van der Waals surface area contributed by atoms with Crippen LogP contribution in [0.15, 0.2) is 53.3 Å². The summed E-state index contributed by atoms with van der Waals surface area (Å²) in [6, 6.07) is 13.6. The van der Waals surface area contributed by atoms with E-state index >= 15 is 0 Å². The van der Waals surface area contributed by atoms with E-state index in [0.29, 0.717) is 22.2 Å². The molecule has 1 aromatic heterocycles. The van der Waals surface area contributed by atoms with Crippen molar-refractivity contribution in [2.45, 2.75) is 6.54 Å². The summed E-state index contributed by atoms with van der Waals surface area (Å²) in [5.41, 5.74) is 1.22. The SMILES string of the molecule is O=c1c2cc(F)ccc2[nH]c(=S)n1Cc1ccccc1. The molecule has 0 bridgehead atoms. The Bertz CT molecular complexity index is 884. The van der Waals surface area contributed by atoms with Crippen molar-refractivity contribution in [1.82, 2.24) is 9.55 Å². The number of aromatic nitrogens is 2. The van der Waals surface area contributed by atoms with Gasteiger partial charge in [0.25, 0.3) is 5.56 Å². The van der Waals surface area contributed by atoms with Crippen LogP contribution >= 0.6 is 12.2 Å². The summed E-state index contributed by atoms with van der Waals surface area (Å²) < 4.78 is 15.1. The molecule has 0 atom stereocenters. The first kappa shape index (κ1) is 12.7. The van der Waals surface area contributed by atoms with Crippen molar-refractivity contribution in [2.75, 3.05) is 0 Å². The van der Waals surface area contributed by atoms with E-state index in [4.69, 9.17) is 12.2 Å². The molecule has 0 aliphatic rings. The van der Waals surface area contributed by atoms with Crippen LogP contribution in [0.3, 0.4) is 0 Å². The summed E-state index contributed by atoms with van der Waals surface area (Å²) in [5.74, 6) is -0.439. The van der Waals surface area contributed by atoms with Gasteiger partial charge < -0.3 is 4.98 Å². The standard InChI is InChI=1S/C15H11FN2OS/c16-11-6-7-13-12(8-11)14(19)18(15(20)17-13)9-10-4-2-1-3-5-10/h1-8H,9H2,(H,17,20). The number of halogens is 1. The lowest BCUT2D eigenvalue weighted by atomic mass is 10.2. The van der Waals surface area contributed by atoms with Crippen LogP contribution in [0.4, 0.5) is 4.39 Å². The summed E-state index contributed by atoms with van der Waals surface area (Å²) in [5, 5.41) is 0.300. The third-order valence-electron chi connectivity index (χ3n) is 3.13. The second-order valence-corrected chi connectivity index (χ2v) is 4.88. The minimum atomic E-state index is -0.439. The molecule has 1 N–H and O–H groups in total. The molecule has 0 spiro atoms. The van der Waals surface area contributed by atoms with Gasteiger partial charge in [-0.2, -0.15) is 0 Å². The van der Waals surface area contributed by atoms with E-state index in [1.165, 1.54) is 22.8 Å².